The first kappa shape index (κ1) is 14.7. The quantitative estimate of drug-likeness (QED) is 0.615. The Morgan fingerprint density at radius 3 is 2.30 bits per heavy atom. The van der Waals surface area contributed by atoms with E-state index in [9.17, 15) is 18.5 Å². The monoisotopic (exact) mass is 299 g/mol. The number of nitro groups is 1. The summed E-state index contributed by atoms with van der Waals surface area (Å²) in [5.74, 6) is 0. The first-order valence-corrected chi connectivity index (χ1v) is 8.10. The van der Waals surface area contributed by atoms with Crippen LogP contribution in [-0.2, 0) is 10.0 Å². The minimum atomic E-state index is -3.18. The summed E-state index contributed by atoms with van der Waals surface area (Å²) >= 11 is 0. The fourth-order valence-corrected chi connectivity index (χ4v) is 3.59. The molecule has 0 bridgehead atoms. The molecular weight excluding hydrogens is 282 g/mol. The summed E-state index contributed by atoms with van der Waals surface area (Å²) in [5.41, 5.74) is 0.923. The highest BCUT2D eigenvalue weighted by atomic mass is 32.2. The lowest BCUT2D eigenvalue weighted by Crippen LogP contribution is -2.53. The molecule has 0 saturated carbocycles. The van der Waals surface area contributed by atoms with Crippen molar-refractivity contribution in [2.45, 2.75) is 13.0 Å². The Morgan fingerprint density at radius 1 is 1.25 bits per heavy atom. The van der Waals surface area contributed by atoms with Crippen molar-refractivity contribution in [2.75, 3.05) is 30.8 Å². The van der Waals surface area contributed by atoms with Gasteiger partial charge in [-0.25, -0.2) is 8.42 Å². The van der Waals surface area contributed by atoms with Crippen molar-refractivity contribution in [3.63, 3.8) is 0 Å². The molecule has 7 nitrogen and oxygen atoms in total. The van der Waals surface area contributed by atoms with E-state index in [0.717, 1.165) is 5.69 Å². The highest BCUT2D eigenvalue weighted by Crippen LogP contribution is 2.23. The van der Waals surface area contributed by atoms with Crippen LogP contribution in [0.15, 0.2) is 24.3 Å². The fourth-order valence-electron chi connectivity index (χ4n) is 2.45. The van der Waals surface area contributed by atoms with E-state index in [1.54, 1.807) is 12.1 Å². The maximum Gasteiger partial charge on any atom is 0.269 e. The number of hydrogen-bond acceptors (Lipinski definition) is 5. The molecule has 0 spiro atoms. The summed E-state index contributed by atoms with van der Waals surface area (Å²) in [7, 11) is -3.18. The largest absolute Gasteiger partial charge is 0.369 e. The predicted octanol–water partition coefficient (Wildman–Crippen LogP) is 1.06. The molecule has 2 rings (SSSR count). The zero-order chi connectivity index (χ0) is 14.9. The van der Waals surface area contributed by atoms with Crippen LogP contribution in [0.3, 0.4) is 0 Å². The van der Waals surface area contributed by atoms with Gasteiger partial charge in [-0.1, -0.05) is 0 Å². The third-order valence-corrected chi connectivity index (χ3v) is 4.81. The number of nitrogens with zero attached hydrogens (tertiary/aromatic N) is 3. The van der Waals surface area contributed by atoms with Crippen molar-refractivity contribution in [2.24, 2.45) is 0 Å². The maximum atomic E-state index is 11.6. The Morgan fingerprint density at radius 2 is 1.85 bits per heavy atom. The van der Waals surface area contributed by atoms with E-state index >= 15 is 0 Å². The first-order valence-electron chi connectivity index (χ1n) is 6.25. The van der Waals surface area contributed by atoms with Crippen LogP contribution in [0.1, 0.15) is 6.92 Å². The number of rotatable bonds is 3. The van der Waals surface area contributed by atoms with Crippen molar-refractivity contribution < 1.29 is 13.3 Å². The molecule has 1 aliphatic heterocycles. The number of anilines is 1. The van der Waals surface area contributed by atoms with Gasteiger partial charge in [0.05, 0.1) is 11.2 Å². The first-order chi connectivity index (χ1) is 9.29. The van der Waals surface area contributed by atoms with Crippen LogP contribution in [0.5, 0.6) is 0 Å². The number of sulfonamides is 1. The smallest absolute Gasteiger partial charge is 0.269 e. The summed E-state index contributed by atoms with van der Waals surface area (Å²) in [6, 6.07) is 6.20. The fraction of sp³-hybridized carbons (Fsp3) is 0.500. The number of piperazine rings is 1. The number of non-ortho nitro benzene ring substituents is 1. The molecule has 0 aliphatic carbocycles. The van der Waals surface area contributed by atoms with Gasteiger partial charge in [0.1, 0.15) is 0 Å². The summed E-state index contributed by atoms with van der Waals surface area (Å²) in [6.07, 6.45) is 1.21. The third kappa shape index (κ3) is 3.07. The van der Waals surface area contributed by atoms with E-state index in [2.05, 4.69) is 0 Å². The van der Waals surface area contributed by atoms with Gasteiger partial charge in [0, 0.05) is 43.5 Å². The minimum absolute atomic E-state index is 0.0524. The van der Waals surface area contributed by atoms with Gasteiger partial charge < -0.3 is 4.90 Å². The highest BCUT2D eigenvalue weighted by molar-refractivity contribution is 7.88. The second kappa shape index (κ2) is 5.37. The lowest BCUT2D eigenvalue weighted by molar-refractivity contribution is -0.384. The van der Waals surface area contributed by atoms with E-state index in [1.807, 2.05) is 11.8 Å². The van der Waals surface area contributed by atoms with Crippen molar-refractivity contribution in [1.29, 1.82) is 0 Å². The van der Waals surface area contributed by atoms with E-state index in [4.69, 9.17) is 0 Å². The number of nitro benzene ring substituents is 1. The number of benzene rings is 1. The molecule has 110 valence electrons. The van der Waals surface area contributed by atoms with E-state index in [1.165, 1.54) is 22.7 Å². The third-order valence-electron chi connectivity index (χ3n) is 3.42. The van der Waals surface area contributed by atoms with Crippen LogP contribution in [0.4, 0.5) is 11.4 Å². The Hall–Kier alpha value is -1.67. The maximum absolute atomic E-state index is 11.6. The SMILES string of the molecule is C[C@@H]1CN(c2ccc([N+](=O)[O-])cc2)CCN1S(C)(=O)=O. The van der Waals surface area contributed by atoms with Crippen molar-refractivity contribution >= 4 is 21.4 Å². The Bertz CT molecular complexity index is 600. The van der Waals surface area contributed by atoms with Gasteiger partial charge in [-0.15, -0.1) is 0 Å². The van der Waals surface area contributed by atoms with Crippen molar-refractivity contribution in [3.8, 4) is 0 Å². The summed E-state index contributed by atoms with van der Waals surface area (Å²) in [6.45, 7) is 3.44. The normalized spacial score (nSPS) is 20.9. The minimum Gasteiger partial charge on any atom is -0.369 e. The molecule has 20 heavy (non-hydrogen) atoms. The van der Waals surface area contributed by atoms with Crippen LogP contribution in [0, 0.1) is 10.1 Å². The molecule has 1 fully saturated rings. The Labute approximate surface area is 118 Å². The van der Waals surface area contributed by atoms with Crippen LogP contribution < -0.4 is 4.90 Å². The van der Waals surface area contributed by atoms with Gasteiger partial charge in [-0.2, -0.15) is 4.31 Å². The molecule has 1 aromatic carbocycles. The average molecular weight is 299 g/mol. The molecular formula is C12H17N3O4S. The Kier molecular flexibility index (Phi) is 3.96. The number of hydrogen-bond donors (Lipinski definition) is 0. The zero-order valence-electron chi connectivity index (χ0n) is 11.4. The zero-order valence-corrected chi connectivity index (χ0v) is 12.2. The van der Waals surface area contributed by atoms with Gasteiger partial charge in [-0.05, 0) is 19.1 Å². The van der Waals surface area contributed by atoms with Crippen LogP contribution in [-0.4, -0.2) is 49.6 Å². The second-order valence-electron chi connectivity index (χ2n) is 4.94. The van der Waals surface area contributed by atoms with Crippen LogP contribution in [0.25, 0.3) is 0 Å². The van der Waals surface area contributed by atoms with Crippen LogP contribution in [0.2, 0.25) is 0 Å². The Balaban J connectivity index is 2.11. The van der Waals surface area contributed by atoms with E-state index < -0.39 is 14.9 Å². The van der Waals surface area contributed by atoms with Gasteiger partial charge in [0.2, 0.25) is 10.0 Å². The molecule has 0 amide bonds. The summed E-state index contributed by atoms with van der Waals surface area (Å²) in [4.78, 5) is 12.2. The molecule has 0 radical (unpaired) electrons. The highest BCUT2D eigenvalue weighted by Gasteiger charge is 2.29. The van der Waals surface area contributed by atoms with E-state index in [0.29, 0.717) is 19.6 Å². The summed E-state index contributed by atoms with van der Waals surface area (Å²) < 4.78 is 24.7. The average Bonchev–Trinajstić information content (AvgIpc) is 2.37. The molecule has 1 heterocycles. The molecule has 0 N–H and O–H groups in total. The van der Waals surface area contributed by atoms with Gasteiger partial charge in [-0.3, -0.25) is 10.1 Å². The molecule has 1 atom stereocenters. The lowest BCUT2D eigenvalue weighted by atomic mass is 10.2. The van der Waals surface area contributed by atoms with Gasteiger partial charge in [0.15, 0.2) is 0 Å². The summed E-state index contributed by atoms with van der Waals surface area (Å²) in [5, 5.41) is 10.6. The lowest BCUT2D eigenvalue weighted by Gasteiger charge is -2.39. The van der Waals surface area contributed by atoms with Gasteiger partial charge in [0.25, 0.3) is 5.69 Å². The second-order valence-corrected chi connectivity index (χ2v) is 6.88. The molecule has 0 aromatic heterocycles. The van der Waals surface area contributed by atoms with Gasteiger partial charge >= 0.3 is 0 Å². The van der Waals surface area contributed by atoms with Crippen LogP contribution >= 0.6 is 0 Å². The van der Waals surface area contributed by atoms with Crippen molar-refractivity contribution in [1.82, 2.24) is 4.31 Å². The topological polar surface area (TPSA) is 83.8 Å². The molecule has 8 heteroatoms. The van der Waals surface area contributed by atoms with E-state index in [-0.39, 0.29) is 11.7 Å². The predicted molar refractivity (Wildman–Crippen MR) is 76.3 cm³/mol. The van der Waals surface area contributed by atoms with Crippen molar-refractivity contribution in [3.05, 3.63) is 34.4 Å². The molecule has 1 saturated heterocycles. The molecule has 1 aromatic rings. The standard InChI is InChI=1S/C12H17N3O4S/c1-10-9-13(7-8-14(10)20(2,18)19)11-3-5-12(6-4-11)15(16)17/h3-6,10H,7-9H2,1-2H3/t10-/m1/s1. The molecule has 1 aliphatic rings. The molecule has 0 unspecified atom stereocenters.